The van der Waals surface area contributed by atoms with E-state index in [4.69, 9.17) is 4.43 Å². The van der Waals surface area contributed by atoms with Crippen LogP contribution in [0, 0.1) is 5.41 Å². The zero-order chi connectivity index (χ0) is 15.9. The van der Waals surface area contributed by atoms with Crippen LogP contribution in [0.5, 0.6) is 0 Å². The lowest BCUT2D eigenvalue weighted by Gasteiger charge is -2.52. The summed E-state index contributed by atoms with van der Waals surface area (Å²) in [7, 11) is -1.84. The van der Waals surface area contributed by atoms with Crippen molar-refractivity contribution in [2.45, 2.75) is 82.7 Å². The maximum atomic E-state index is 11.2. The van der Waals surface area contributed by atoms with Crippen LogP contribution in [0.25, 0.3) is 0 Å². The molecule has 0 heterocycles. The molecule has 21 heavy (non-hydrogen) atoms. The van der Waals surface area contributed by atoms with Gasteiger partial charge >= 0.3 is 0 Å². The van der Waals surface area contributed by atoms with Crippen molar-refractivity contribution in [1.82, 2.24) is 0 Å². The van der Waals surface area contributed by atoms with Crippen molar-refractivity contribution in [3.8, 4) is 0 Å². The fraction of sp³-hybridized carbons (Fsp3) is 0.778. The summed E-state index contributed by atoms with van der Waals surface area (Å²) in [5, 5.41) is 11.4. The molecule has 1 fully saturated rings. The molecule has 0 aliphatic heterocycles. The molecule has 2 nitrogen and oxygen atoms in total. The minimum absolute atomic E-state index is 0.0988. The van der Waals surface area contributed by atoms with E-state index in [0.717, 1.165) is 32.1 Å². The van der Waals surface area contributed by atoms with Gasteiger partial charge in [0.1, 0.15) is 0 Å². The number of aliphatic hydroxyl groups is 1. The third-order valence-electron chi connectivity index (χ3n) is 6.13. The van der Waals surface area contributed by atoms with Crippen molar-refractivity contribution in [1.29, 1.82) is 0 Å². The highest BCUT2D eigenvalue weighted by atomic mass is 28.4. The summed E-state index contributed by atoms with van der Waals surface area (Å²) >= 11 is 0. The van der Waals surface area contributed by atoms with Gasteiger partial charge in [-0.3, -0.25) is 0 Å². The van der Waals surface area contributed by atoms with Crippen LogP contribution in [0.3, 0.4) is 0 Å². The fourth-order valence-electron chi connectivity index (χ4n) is 3.63. The summed E-state index contributed by atoms with van der Waals surface area (Å²) in [5.74, 6) is 0. The molecule has 120 valence electrons. The maximum absolute atomic E-state index is 11.2. The normalized spacial score (nSPS) is 37.1. The van der Waals surface area contributed by atoms with E-state index in [1.807, 2.05) is 0 Å². The Morgan fingerprint density at radius 2 is 1.90 bits per heavy atom. The van der Waals surface area contributed by atoms with Crippen molar-refractivity contribution >= 4 is 8.32 Å². The Kier molecular flexibility index (Phi) is 4.33. The molecule has 3 heteroatoms. The van der Waals surface area contributed by atoms with Gasteiger partial charge < -0.3 is 9.53 Å². The average Bonchev–Trinajstić information content (AvgIpc) is 2.76. The Morgan fingerprint density at radius 3 is 2.48 bits per heavy atom. The number of rotatable bonds is 3. The SMILES string of the molecule is C=C[C@]1(O)CCCC[C@@]12C=CC[C@@H]2O[Si](C)(C)C(C)(C)C. The molecule has 0 amide bonds. The predicted octanol–water partition coefficient (Wildman–Crippen LogP) is 4.81. The minimum Gasteiger partial charge on any atom is -0.413 e. The molecule has 2 aliphatic rings. The molecule has 0 saturated heterocycles. The highest BCUT2D eigenvalue weighted by Gasteiger charge is 2.56. The highest BCUT2D eigenvalue weighted by Crippen LogP contribution is 2.54. The van der Waals surface area contributed by atoms with Gasteiger partial charge in [0.15, 0.2) is 8.32 Å². The topological polar surface area (TPSA) is 29.5 Å². The number of hydrogen-bond acceptors (Lipinski definition) is 2. The van der Waals surface area contributed by atoms with Crippen molar-refractivity contribution in [3.63, 3.8) is 0 Å². The summed E-state index contributed by atoms with van der Waals surface area (Å²) in [5.41, 5.74) is -1.08. The first-order valence-corrected chi connectivity index (χ1v) is 11.2. The molecule has 2 aliphatic carbocycles. The molecular weight excluding hydrogens is 276 g/mol. The molecule has 1 N–H and O–H groups in total. The molecule has 0 aromatic heterocycles. The van der Waals surface area contributed by atoms with E-state index in [-0.39, 0.29) is 16.6 Å². The van der Waals surface area contributed by atoms with Crippen LogP contribution in [0.4, 0.5) is 0 Å². The van der Waals surface area contributed by atoms with Crippen LogP contribution in [0.1, 0.15) is 52.9 Å². The second-order valence-corrected chi connectivity index (χ2v) is 13.1. The van der Waals surface area contributed by atoms with Crippen LogP contribution in [0.2, 0.25) is 18.1 Å². The van der Waals surface area contributed by atoms with Crippen LogP contribution in [-0.2, 0) is 4.43 Å². The molecular formula is C18H32O2Si. The molecule has 0 unspecified atom stereocenters. The first kappa shape index (κ1) is 17.0. The molecule has 1 saturated carbocycles. The Balaban J connectivity index is 2.31. The maximum Gasteiger partial charge on any atom is 0.192 e. The monoisotopic (exact) mass is 308 g/mol. The van der Waals surface area contributed by atoms with Crippen LogP contribution in [0.15, 0.2) is 24.8 Å². The van der Waals surface area contributed by atoms with Crippen molar-refractivity contribution in [2.24, 2.45) is 5.41 Å². The zero-order valence-corrected chi connectivity index (χ0v) is 15.4. The van der Waals surface area contributed by atoms with Crippen molar-refractivity contribution in [3.05, 3.63) is 24.8 Å². The Hall–Kier alpha value is -0.383. The lowest BCUT2D eigenvalue weighted by molar-refractivity contribution is -0.0998. The second-order valence-electron chi connectivity index (χ2n) is 8.38. The van der Waals surface area contributed by atoms with E-state index < -0.39 is 13.9 Å². The van der Waals surface area contributed by atoms with E-state index in [2.05, 4.69) is 52.6 Å². The smallest absolute Gasteiger partial charge is 0.192 e. The van der Waals surface area contributed by atoms with E-state index >= 15 is 0 Å². The molecule has 0 aromatic rings. The molecule has 0 bridgehead atoms. The highest BCUT2D eigenvalue weighted by molar-refractivity contribution is 6.74. The summed E-state index contributed by atoms with van der Waals surface area (Å²) < 4.78 is 6.72. The zero-order valence-electron chi connectivity index (χ0n) is 14.4. The van der Waals surface area contributed by atoms with E-state index in [9.17, 15) is 5.11 Å². The molecule has 0 radical (unpaired) electrons. The molecule has 3 atom stereocenters. The second kappa shape index (κ2) is 5.36. The van der Waals surface area contributed by atoms with Gasteiger partial charge in [0.2, 0.25) is 0 Å². The largest absolute Gasteiger partial charge is 0.413 e. The lowest BCUT2D eigenvalue weighted by Crippen LogP contribution is -2.57. The van der Waals surface area contributed by atoms with Gasteiger partial charge in [-0.15, -0.1) is 6.58 Å². The fourth-order valence-corrected chi connectivity index (χ4v) is 5.00. The first-order chi connectivity index (χ1) is 9.58. The standard InChI is InChI=1S/C18H32O2Si/c1-7-18(19)14-9-8-12-17(18)13-10-11-15(17)20-21(5,6)16(2,3)4/h7,10,13,15,19H,1,8-9,11-12,14H2,2-6H3/t15-,17-,18-/m0/s1. The minimum atomic E-state index is -1.84. The third-order valence-corrected chi connectivity index (χ3v) is 10.6. The van der Waals surface area contributed by atoms with Gasteiger partial charge in [-0.2, -0.15) is 0 Å². The summed E-state index contributed by atoms with van der Waals surface area (Å²) in [6.45, 7) is 15.3. The lowest BCUT2D eigenvalue weighted by atomic mass is 9.61. The Morgan fingerprint density at radius 1 is 1.29 bits per heavy atom. The predicted molar refractivity (Wildman–Crippen MR) is 91.9 cm³/mol. The van der Waals surface area contributed by atoms with E-state index in [1.54, 1.807) is 6.08 Å². The quantitative estimate of drug-likeness (QED) is 0.598. The summed E-state index contributed by atoms with van der Waals surface area (Å²) in [4.78, 5) is 0. The van der Waals surface area contributed by atoms with Crippen molar-refractivity contribution < 1.29 is 9.53 Å². The van der Waals surface area contributed by atoms with Gasteiger partial charge in [0, 0.05) is 5.41 Å². The van der Waals surface area contributed by atoms with Gasteiger partial charge in [0.05, 0.1) is 11.7 Å². The summed E-state index contributed by atoms with van der Waals surface area (Å²) in [6, 6.07) is 0. The number of hydrogen-bond donors (Lipinski definition) is 1. The molecule has 2 rings (SSSR count). The van der Waals surface area contributed by atoms with Gasteiger partial charge in [-0.1, -0.05) is 51.8 Å². The van der Waals surface area contributed by atoms with Crippen LogP contribution < -0.4 is 0 Å². The van der Waals surface area contributed by atoms with Gasteiger partial charge in [-0.25, -0.2) is 0 Å². The molecule has 0 aromatic carbocycles. The molecule has 1 spiro atoms. The third kappa shape index (κ3) is 2.69. The van der Waals surface area contributed by atoms with E-state index in [0.29, 0.717) is 0 Å². The average molecular weight is 309 g/mol. The van der Waals surface area contributed by atoms with Crippen LogP contribution in [-0.4, -0.2) is 25.1 Å². The van der Waals surface area contributed by atoms with E-state index in [1.165, 1.54) is 0 Å². The summed E-state index contributed by atoms with van der Waals surface area (Å²) in [6.07, 6.45) is 11.3. The van der Waals surface area contributed by atoms with Crippen molar-refractivity contribution in [2.75, 3.05) is 0 Å². The van der Waals surface area contributed by atoms with Crippen LogP contribution >= 0.6 is 0 Å². The Bertz CT molecular complexity index is 435. The van der Waals surface area contributed by atoms with Gasteiger partial charge in [0.25, 0.3) is 0 Å². The van der Waals surface area contributed by atoms with Gasteiger partial charge in [-0.05, 0) is 37.4 Å². The first-order valence-electron chi connectivity index (χ1n) is 8.29. The Labute approximate surface area is 131 Å².